The second kappa shape index (κ2) is 9.41. The van der Waals surface area contributed by atoms with E-state index in [0.29, 0.717) is 19.6 Å². The SMILES string of the molecule is CCNC(=O)N1CCC(NC(=O)NC[C@H](O)c2ccc3ccccc3c2)CC1. The molecule has 4 amide bonds. The molecule has 1 aliphatic rings. The highest BCUT2D eigenvalue weighted by Crippen LogP contribution is 2.20. The van der Waals surface area contributed by atoms with Crippen LogP contribution >= 0.6 is 0 Å². The van der Waals surface area contributed by atoms with Crippen LogP contribution in [0.25, 0.3) is 10.8 Å². The number of aliphatic hydroxyl groups is 1. The van der Waals surface area contributed by atoms with Gasteiger partial charge in [0.1, 0.15) is 0 Å². The van der Waals surface area contributed by atoms with Gasteiger partial charge in [0, 0.05) is 32.2 Å². The first kappa shape index (κ1) is 19.9. The molecule has 1 fully saturated rings. The fourth-order valence-electron chi connectivity index (χ4n) is 3.45. The van der Waals surface area contributed by atoms with Gasteiger partial charge in [-0.1, -0.05) is 36.4 Å². The molecule has 0 saturated carbocycles. The quantitative estimate of drug-likeness (QED) is 0.638. The van der Waals surface area contributed by atoms with Gasteiger partial charge in [0.25, 0.3) is 0 Å². The molecule has 1 atom stereocenters. The molecule has 28 heavy (non-hydrogen) atoms. The Morgan fingerprint density at radius 3 is 2.54 bits per heavy atom. The maximum Gasteiger partial charge on any atom is 0.317 e. The van der Waals surface area contributed by atoms with Crippen LogP contribution < -0.4 is 16.0 Å². The summed E-state index contributed by atoms with van der Waals surface area (Å²) in [6.45, 7) is 3.89. The Labute approximate surface area is 165 Å². The molecule has 1 aliphatic heterocycles. The number of aliphatic hydroxyl groups excluding tert-OH is 1. The number of benzene rings is 2. The number of nitrogens with one attached hydrogen (secondary N) is 3. The molecule has 2 aromatic rings. The van der Waals surface area contributed by atoms with E-state index in [4.69, 9.17) is 0 Å². The molecule has 0 unspecified atom stereocenters. The number of carbonyl (C=O) groups excluding carboxylic acids is 2. The molecule has 7 nitrogen and oxygen atoms in total. The Morgan fingerprint density at radius 2 is 1.82 bits per heavy atom. The maximum atomic E-state index is 12.2. The maximum absolute atomic E-state index is 12.2. The summed E-state index contributed by atoms with van der Waals surface area (Å²) in [4.78, 5) is 25.7. The van der Waals surface area contributed by atoms with Gasteiger partial charge in [-0.15, -0.1) is 0 Å². The summed E-state index contributed by atoms with van der Waals surface area (Å²) in [5, 5.41) is 21.0. The van der Waals surface area contributed by atoms with Crippen LogP contribution in [0.1, 0.15) is 31.4 Å². The van der Waals surface area contributed by atoms with Crippen molar-refractivity contribution >= 4 is 22.8 Å². The molecule has 0 aliphatic carbocycles. The number of piperidine rings is 1. The van der Waals surface area contributed by atoms with Crippen LogP contribution in [0.5, 0.6) is 0 Å². The number of amides is 4. The van der Waals surface area contributed by atoms with Crippen LogP contribution in [-0.4, -0.2) is 54.3 Å². The van der Waals surface area contributed by atoms with E-state index in [9.17, 15) is 14.7 Å². The van der Waals surface area contributed by atoms with E-state index in [1.165, 1.54) is 0 Å². The number of rotatable bonds is 5. The standard InChI is InChI=1S/C21H28N4O3/c1-2-22-21(28)25-11-9-18(10-12-25)24-20(27)23-14-19(26)17-8-7-15-5-3-4-6-16(15)13-17/h3-8,13,18-19,26H,2,9-12,14H2,1H3,(H,22,28)(H2,23,24,27)/t19-/m0/s1. The third kappa shape index (κ3) is 5.13. The van der Waals surface area contributed by atoms with Crippen LogP contribution in [0.15, 0.2) is 42.5 Å². The summed E-state index contributed by atoms with van der Waals surface area (Å²) >= 11 is 0. The Hall–Kier alpha value is -2.80. The van der Waals surface area contributed by atoms with Gasteiger partial charge in [-0.05, 0) is 42.2 Å². The van der Waals surface area contributed by atoms with Gasteiger partial charge >= 0.3 is 12.1 Å². The number of nitrogens with zero attached hydrogens (tertiary/aromatic N) is 1. The molecule has 1 saturated heterocycles. The van der Waals surface area contributed by atoms with E-state index < -0.39 is 6.10 Å². The molecule has 0 bridgehead atoms. The molecule has 0 radical (unpaired) electrons. The minimum atomic E-state index is -0.769. The van der Waals surface area contributed by atoms with Crippen LogP contribution in [-0.2, 0) is 0 Å². The van der Waals surface area contributed by atoms with Gasteiger partial charge in [0.2, 0.25) is 0 Å². The largest absolute Gasteiger partial charge is 0.387 e. The van der Waals surface area contributed by atoms with Crippen molar-refractivity contribution in [1.82, 2.24) is 20.9 Å². The zero-order valence-corrected chi connectivity index (χ0v) is 16.1. The number of hydrogen-bond donors (Lipinski definition) is 4. The number of carbonyl (C=O) groups is 2. The molecule has 2 aromatic carbocycles. The third-order valence-corrected chi connectivity index (χ3v) is 5.06. The molecule has 3 rings (SSSR count). The summed E-state index contributed by atoms with van der Waals surface area (Å²) in [5.74, 6) is 0. The van der Waals surface area contributed by atoms with Crippen molar-refractivity contribution in [2.45, 2.75) is 31.9 Å². The van der Waals surface area contributed by atoms with E-state index in [1.54, 1.807) is 4.90 Å². The summed E-state index contributed by atoms with van der Waals surface area (Å²) in [6, 6.07) is 13.4. The number of likely N-dealkylation sites (tertiary alicyclic amines) is 1. The molecule has 7 heteroatoms. The van der Waals surface area contributed by atoms with Gasteiger partial charge in [0.15, 0.2) is 0 Å². The third-order valence-electron chi connectivity index (χ3n) is 5.06. The van der Waals surface area contributed by atoms with Gasteiger partial charge in [-0.2, -0.15) is 0 Å². The van der Waals surface area contributed by atoms with Gasteiger partial charge in [0.05, 0.1) is 6.10 Å². The Balaban J connectivity index is 1.43. The Kier molecular flexibility index (Phi) is 6.71. The number of fused-ring (bicyclic) bond motifs is 1. The van der Waals surface area contributed by atoms with Crippen molar-refractivity contribution in [1.29, 1.82) is 0 Å². The van der Waals surface area contributed by atoms with Crippen LogP contribution in [0.2, 0.25) is 0 Å². The predicted molar refractivity (Wildman–Crippen MR) is 109 cm³/mol. The fraction of sp³-hybridized carbons (Fsp3) is 0.429. The molecular formula is C21H28N4O3. The van der Waals surface area contributed by atoms with E-state index in [1.807, 2.05) is 49.4 Å². The van der Waals surface area contributed by atoms with E-state index in [2.05, 4.69) is 16.0 Å². The van der Waals surface area contributed by atoms with Gasteiger partial charge < -0.3 is 26.0 Å². The minimum absolute atomic E-state index is 0.0310. The fourth-order valence-corrected chi connectivity index (χ4v) is 3.45. The topological polar surface area (TPSA) is 93.7 Å². The first-order valence-corrected chi connectivity index (χ1v) is 9.80. The summed E-state index contributed by atoms with van der Waals surface area (Å²) < 4.78 is 0. The summed E-state index contributed by atoms with van der Waals surface area (Å²) in [6.07, 6.45) is 0.671. The van der Waals surface area contributed by atoms with Crippen molar-refractivity contribution < 1.29 is 14.7 Å². The van der Waals surface area contributed by atoms with Crippen molar-refractivity contribution in [3.8, 4) is 0 Å². The second-order valence-electron chi connectivity index (χ2n) is 7.07. The molecule has 0 spiro atoms. The number of urea groups is 2. The average molecular weight is 384 g/mol. The summed E-state index contributed by atoms with van der Waals surface area (Å²) in [5.41, 5.74) is 0.772. The molecule has 0 aromatic heterocycles. The normalized spacial score (nSPS) is 15.9. The lowest BCUT2D eigenvalue weighted by molar-refractivity contribution is 0.167. The van der Waals surface area contributed by atoms with Crippen LogP contribution in [0, 0.1) is 0 Å². The Morgan fingerprint density at radius 1 is 1.11 bits per heavy atom. The molecule has 1 heterocycles. The van der Waals surface area contributed by atoms with Crippen molar-refractivity contribution in [2.75, 3.05) is 26.2 Å². The first-order chi connectivity index (χ1) is 13.6. The minimum Gasteiger partial charge on any atom is -0.387 e. The highest BCUT2D eigenvalue weighted by molar-refractivity contribution is 5.83. The smallest absolute Gasteiger partial charge is 0.317 e. The lowest BCUT2D eigenvalue weighted by atomic mass is 10.0. The lowest BCUT2D eigenvalue weighted by Crippen LogP contribution is -2.51. The van der Waals surface area contributed by atoms with E-state index >= 15 is 0 Å². The molecule has 4 N–H and O–H groups in total. The zero-order chi connectivity index (χ0) is 19.9. The van der Waals surface area contributed by atoms with E-state index in [-0.39, 0.29) is 24.6 Å². The first-order valence-electron chi connectivity index (χ1n) is 9.80. The van der Waals surface area contributed by atoms with Crippen LogP contribution in [0.4, 0.5) is 9.59 Å². The average Bonchev–Trinajstić information content (AvgIpc) is 2.72. The zero-order valence-electron chi connectivity index (χ0n) is 16.1. The van der Waals surface area contributed by atoms with Crippen molar-refractivity contribution in [2.24, 2.45) is 0 Å². The Bertz CT molecular complexity index is 818. The number of hydrogen-bond acceptors (Lipinski definition) is 3. The van der Waals surface area contributed by atoms with Crippen molar-refractivity contribution in [3.05, 3.63) is 48.0 Å². The van der Waals surface area contributed by atoms with Crippen LogP contribution in [0.3, 0.4) is 0 Å². The predicted octanol–water partition coefficient (Wildman–Crippen LogP) is 2.37. The van der Waals surface area contributed by atoms with Gasteiger partial charge in [-0.25, -0.2) is 9.59 Å². The highest BCUT2D eigenvalue weighted by Gasteiger charge is 2.23. The van der Waals surface area contributed by atoms with E-state index in [0.717, 1.165) is 29.2 Å². The lowest BCUT2D eigenvalue weighted by Gasteiger charge is -2.32. The van der Waals surface area contributed by atoms with Gasteiger partial charge in [-0.3, -0.25) is 0 Å². The summed E-state index contributed by atoms with van der Waals surface area (Å²) in [7, 11) is 0. The van der Waals surface area contributed by atoms with Crippen molar-refractivity contribution in [3.63, 3.8) is 0 Å². The highest BCUT2D eigenvalue weighted by atomic mass is 16.3. The molecule has 150 valence electrons. The monoisotopic (exact) mass is 384 g/mol. The second-order valence-corrected chi connectivity index (χ2v) is 7.07. The molecular weight excluding hydrogens is 356 g/mol.